The van der Waals surface area contributed by atoms with E-state index in [0.717, 1.165) is 29.7 Å². The summed E-state index contributed by atoms with van der Waals surface area (Å²) in [5, 5.41) is 8.30. The minimum Gasteiger partial charge on any atom is -0.238 e. The van der Waals surface area contributed by atoms with Crippen LogP contribution in [-0.4, -0.2) is 15.0 Å². The van der Waals surface area contributed by atoms with E-state index in [1.54, 1.807) is 0 Å². The Morgan fingerprint density at radius 3 is 2.50 bits per heavy atom. The van der Waals surface area contributed by atoms with Gasteiger partial charge in [-0.1, -0.05) is 32.9 Å². The first kappa shape index (κ1) is 11.7. The fourth-order valence-electron chi connectivity index (χ4n) is 1.30. The molecule has 0 fully saturated rings. The SMILES string of the molecule is CCCn1nnc(CC(C)(C)C)c1Br. The molecule has 4 heteroatoms. The van der Waals surface area contributed by atoms with Crippen LogP contribution < -0.4 is 0 Å². The van der Waals surface area contributed by atoms with Crippen LogP contribution in [0.3, 0.4) is 0 Å². The molecule has 1 aromatic rings. The number of aromatic nitrogens is 3. The van der Waals surface area contributed by atoms with Crippen LogP contribution in [0.25, 0.3) is 0 Å². The molecular weight excluding hydrogens is 242 g/mol. The van der Waals surface area contributed by atoms with Gasteiger partial charge in [-0.3, -0.25) is 0 Å². The molecule has 0 aliphatic carbocycles. The third kappa shape index (κ3) is 3.08. The van der Waals surface area contributed by atoms with E-state index in [1.165, 1.54) is 0 Å². The highest BCUT2D eigenvalue weighted by molar-refractivity contribution is 9.10. The first-order chi connectivity index (χ1) is 6.44. The Kier molecular flexibility index (Phi) is 3.70. The molecule has 0 aliphatic rings. The topological polar surface area (TPSA) is 30.7 Å². The van der Waals surface area contributed by atoms with Gasteiger partial charge in [-0.25, -0.2) is 4.68 Å². The van der Waals surface area contributed by atoms with Crippen LogP contribution in [0.2, 0.25) is 0 Å². The summed E-state index contributed by atoms with van der Waals surface area (Å²) < 4.78 is 2.95. The molecule has 0 radical (unpaired) electrons. The first-order valence-electron chi connectivity index (χ1n) is 5.02. The lowest BCUT2D eigenvalue weighted by atomic mass is 9.91. The van der Waals surface area contributed by atoms with Crippen molar-refractivity contribution in [3.05, 3.63) is 10.3 Å². The van der Waals surface area contributed by atoms with E-state index in [2.05, 4.69) is 53.9 Å². The average molecular weight is 260 g/mol. The number of halogens is 1. The standard InChI is InChI=1S/C10H18BrN3/c1-5-6-14-9(11)8(12-13-14)7-10(2,3)4/h5-7H2,1-4H3. The summed E-state index contributed by atoms with van der Waals surface area (Å²) in [6.07, 6.45) is 2.04. The molecule has 1 heterocycles. The molecule has 1 aromatic heterocycles. The van der Waals surface area contributed by atoms with Gasteiger partial charge < -0.3 is 0 Å². The van der Waals surface area contributed by atoms with Crippen LogP contribution in [-0.2, 0) is 13.0 Å². The van der Waals surface area contributed by atoms with Gasteiger partial charge in [-0.15, -0.1) is 5.10 Å². The summed E-state index contributed by atoms with van der Waals surface area (Å²) in [7, 11) is 0. The number of hydrogen-bond acceptors (Lipinski definition) is 2. The van der Waals surface area contributed by atoms with Gasteiger partial charge in [0.2, 0.25) is 0 Å². The van der Waals surface area contributed by atoms with Gasteiger partial charge in [0.15, 0.2) is 0 Å². The number of aryl methyl sites for hydroxylation is 1. The van der Waals surface area contributed by atoms with E-state index in [-0.39, 0.29) is 5.41 Å². The van der Waals surface area contributed by atoms with E-state index in [0.29, 0.717) is 0 Å². The van der Waals surface area contributed by atoms with Crippen molar-refractivity contribution in [3.8, 4) is 0 Å². The van der Waals surface area contributed by atoms with Crippen LogP contribution >= 0.6 is 15.9 Å². The minimum atomic E-state index is 0.260. The maximum atomic E-state index is 4.19. The minimum absolute atomic E-state index is 0.260. The van der Waals surface area contributed by atoms with Crippen molar-refractivity contribution in [1.29, 1.82) is 0 Å². The van der Waals surface area contributed by atoms with Crippen LogP contribution in [0.15, 0.2) is 4.60 Å². The summed E-state index contributed by atoms with van der Waals surface area (Å²) in [5.41, 5.74) is 1.32. The van der Waals surface area contributed by atoms with Gasteiger partial charge in [0.1, 0.15) is 4.60 Å². The summed E-state index contributed by atoms with van der Waals surface area (Å²) >= 11 is 3.54. The average Bonchev–Trinajstić information content (AvgIpc) is 2.34. The Balaban J connectivity index is 2.79. The second-order valence-electron chi connectivity index (χ2n) is 4.79. The van der Waals surface area contributed by atoms with E-state index in [1.807, 2.05) is 4.68 Å². The Bertz CT molecular complexity index is 299. The molecular formula is C10H18BrN3. The maximum absolute atomic E-state index is 4.19. The number of rotatable bonds is 3. The van der Waals surface area contributed by atoms with Crippen LogP contribution in [0.4, 0.5) is 0 Å². The zero-order chi connectivity index (χ0) is 10.8. The molecule has 0 bridgehead atoms. The Hall–Kier alpha value is -0.380. The highest BCUT2D eigenvalue weighted by atomic mass is 79.9. The predicted octanol–water partition coefficient (Wildman–Crippen LogP) is 3.04. The van der Waals surface area contributed by atoms with Crippen LogP contribution in [0.1, 0.15) is 39.8 Å². The Morgan fingerprint density at radius 1 is 1.36 bits per heavy atom. The van der Waals surface area contributed by atoms with Crippen molar-refractivity contribution in [2.45, 2.75) is 47.1 Å². The molecule has 0 aliphatic heterocycles. The second-order valence-corrected chi connectivity index (χ2v) is 5.54. The van der Waals surface area contributed by atoms with Crippen molar-refractivity contribution >= 4 is 15.9 Å². The van der Waals surface area contributed by atoms with E-state index in [4.69, 9.17) is 0 Å². The second kappa shape index (κ2) is 4.43. The molecule has 0 saturated heterocycles. The quantitative estimate of drug-likeness (QED) is 0.836. The molecule has 0 spiro atoms. The normalized spacial score (nSPS) is 12.1. The lowest BCUT2D eigenvalue weighted by Crippen LogP contribution is -2.10. The fourth-order valence-corrected chi connectivity index (χ4v) is 1.77. The van der Waals surface area contributed by atoms with Crippen molar-refractivity contribution in [1.82, 2.24) is 15.0 Å². The number of nitrogens with zero attached hydrogens (tertiary/aromatic N) is 3. The van der Waals surface area contributed by atoms with E-state index >= 15 is 0 Å². The highest BCUT2D eigenvalue weighted by Crippen LogP contribution is 2.24. The van der Waals surface area contributed by atoms with Crippen LogP contribution in [0, 0.1) is 5.41 Å². The predicted molar refractivity (Wildman–Crippen MR) is 61.2 cm³/mol. The molecule has 0 saturated carbocycles. The molecule has 14 heavy (non-hydrogen) atoms. The van der Waals surface area contributed by atoms with Crippen molar-refractivity contribution in [2.75, 3.05) is 0 Å². The molecule has 3 nitrogen and oxygen atoms in total. The molecule has 1 rings (SSSR count). The third-order valence-electron chi connectivity index (χ3n) is 1.87. The number of hydrogen-bond donors (Lipinski definition) is 0. The molecule has 0 N–H and O–H groups in total. The van der Waals surface area contributed by atoms with E-state index in [9.17, 15) is 0 Å². The summed E-state index contributed by atoms with van der Waals surface area (Å²) in [4.78, 5) is 0. The monoisotopic (exact) mass is 259 g/mol. The van der Waals surface area contributed by atoms with E-state index < -0.39 is 0 Å². The smallest absolute Gasteiger partial charge is 0.127 e. The van der Waals surface area contributed by atoms with Crippen molar-refractivity contribution < 1.29 is 0 Å². The Morgan fingerprint density at radius 2 is 2.00 bits per heavy atom. The van der Waals surface area contributed by atoms with Crippen molar-refractivity contribution in [2.24, 2.45) is 5.41 Å². The van der Waals surface area contributed by atoms with Crippen molar-refractivity contribution in [3.63, 3.8) is 0 Å². The van der Waals surface area contributed by atoms with Gasteiger partial charge in [0, 0.05) is 6.54 Å². The lowest BCUT2D eigenvalue weighted by Gasteiger charge is -2.15. The Labute approximate surface area is 94.0 Å². The highest BCUT2D eigenvalue weighted by Gasteiger charge is 2.17. The molecule has 0 unspecified atom stereocenters. The zero-order valence-electron chi connectivity index (χ0n) is 9.34. The van der Waals surface area contributed by atoms with Crippen LogP contribution in [0.5, 0.6) is 0 Å². The summed E-state index contributed by atoms with van der Waals surface area (Å²) in [6.45, 7) is 9.68. The van der Waals surface area contributed by atoms with Gasteiger partial charge in [-0.2, -0.15) is 0 Å². The molecule has 80 valence electrons. The largest absolute Gasteiger partial charge is 0.238 e. The zero-order valence-corrected chi connectivity index (χ0v) is 10.9. The van der Waals surface area contributed by atoms with Gasteiger partial charge in [0.25, 0.3) is 0 Å². The first-order valence-corrected chi connectivity index (χ1v) is 5.81. The van der Waals surface area contributed by atoms with Gasteiger partial charge in [-0.05, 0) is 34.2 Å². The summed E-state index contributed by atoms with van der Waals surface area (Å²) in [5.74, 6) is 0. The summed E-state index contributed by atoms with van der Waals surface area (Å²) in [6, 6.07) is 0. The maximum Gasteiger partial charge on any atom is 0.127 e. The third-order valence-corrected chi connectivity index (χ3v) is 2.74. The lowest BCUT2D eigenvalue weighted by molar-refractivity contribution is 0.405. The molecule has 0 atom stereocenters. The molecule has 0 aromatic carbocycles. The van der Waals surface area contributed by atoms with Gasteiger partial charge >= 0.3 is 0 Å². The molecule has 0 amide bonds. The fraction of sp³-hybridized carbons (Fsp3) is 0.800. The van der Waals surface area contributed by atoms with Gasteiger partial charge in [0.05, 0.1) is 5.69 Å².